The van der Waals surface area contributed by atoms with Crippen molar-refractivity contribution in [1.82, 2.24) is 20.2 Å². The molecule has 3 aromatic rings. The van der Waals surface area contributed by atoms with Crippen LogP contribution in [0.5, 0.6) is 0 Å². The van der Waals surface area contributed by atoms with Gasteiger partial charge < -0.3 is 10.2 Å². The predicted octanol–water partition coefficient (Wildman–Crippen LogP) is 2.90. The van der Waals surface area contributed by atoms with Gasteiger partial charge >= 0.3 is 0 Å². The molecule has 1 aliphatic carbocycles. The average molecular weight is 412 g/mol. The van der Waals surface area contributed by atoms with Gasteiger partial charge in [-0.25, -0.2) is 14.4 Å². The summed E-state index contributed by atoms with van der Waals surface area (Å²) in [5.74, 6) is 0.835. The van der Waals surface area contributed by atoms with Gasteiger partial charge in [0.2, 0.25) is 5.91 Å². The van der Waals surface area contributed by atoms with Gasteiger partial charge in [0.15, 0.2) is 0 Å². The second-order valence-electron chi connectivity index (χ2n) is 7.63. The molecule has 2 fully saturated rings. The first-order chi connectivity index (χ1) is 14.2. The topological polar surface area (TPSA) is 61.4 Å². The quantitative estimate of drug-likeness (QED) is 0.700. The van der Waals surface area contributed by atoms with Crippen LogP contribution in [0.4, 0.5) is 10.2 Å². The number of carbonyl (C=O) groups excluding carboxylic acids is 1. The molecule has 0 unspecified atom stereocenters. The van der Waals surface area contributed by atoms with Crippen LogP contribution in [0, 0.1) is 5.82 Å². The molecule has 0 radical (unpaired) electrons. The zero-order valence-corrected chi connectivity index (χ0v) is 16.8. The van der Waals surface area contributed by atoms with E-state index in [-0.39, 0.29) is 11.7 Å². The minimum atomic E-state index is -0.237. The molecule has 3 heterocycles. The van der Waals surface area contributed by atoms with E-state index in [0.29, 0.717) is 12.6 Å². The first kappa shape index (κ1) is 18.4. The SMILES string of the molecule is O=C(CN1CCN(c2ncnc3cc(-c4ccc(F)cc4)sc23)CC1)NC1CC1. The number of piperazine rings is 1. The van der Waals surface area contributed by atoms with Crippen LogP contribution >= 0.6 is 11.3 Å². The molecule has 1 amide bonds. The monoisotopic (exact) mass is 411 g/mol. The van der Waals surface area contributed by atoms with Crippen molar-refractivity contribution in [2.45, 2.75) is 18.9 Å². The third-order valence-electron chi connectivity index (χ3n) is 5.40. The fraction of sp³-hybridized carbons (Fsp3) is 0.381. The van der Waals surface area contributed by atoms with E-state index < -0.39 is 0 Å². The Labute approximate surface area is 172 Å². The van der Waals surface area contributed by atoms with Crippen LogP contribution < -0.4 is 10.2 Å². The molecule has 1 aliphatic heterocycles. The fourth-order valence-corrected chi connectivity index (χ4v) is 4.78. The van der Waals surface area contributed by atoms with E-state index >= 15 is 0 Å². The Kier molecular flexibility index (Phi) is 4.89. The molecule has 29 heavy (non-hydrogen) atoms. The van der Waals surface area contributed by atoms with Gasteiger partial charge in [-0.05, 0) is 36.6 Å². The number of aromatic nitrogens is 2. The lowest BCUT2D eigenvalue weighted by Gasteiger charge is -2.35. The molecule has 150 valence electrons. The van der Waals surface area contributed by atoms with Crippen molar-refractivity contribution in [1.29, 1.82) is 0 Å². The summed E-state index contributed by atoms with van der Waals surface area (Å²) in [6, 6.07) is 8.98. The van der Waals surface area contributed by atoms with Crippen molar-refractivity contribution < 1.29 is 9.18 Å². The van der Waals surface area contributed by atoms with E-state index in [4.69, 9.17) is 0 Å². The van der Waals surface area contributed by atoms with Gasteiger partial charge in [0.1, 0.15) is 18.0 Å². The summed E-state index contributed by atoms with van der Waals surface area (Å²) < 4.78 is 14.3. The maximum Gasteiger partial charge on any atom is 0.234 e. The number of hydrogen-bond donors (Lipinski definition) is 1. The van der Waals surface area contributed by atoms with Gasteiger partial charge in [0, 0.05) is 37.1 Å². The van der Waals surface area contributed by atoms with Crippen molar-refractivity contribution in [3.05, 3.63) is 42.5 Å². The Balaban J connectivity index is 1.30. The van der Waals surface area contributed by atoms with Crippen LogP contribution in [-0.2, 0) is 4.79 Å². The van der Waals surface area contributed by atoms with E-state index in [9.17, 15) is 9.18 Å². The van der Waals surface area contributed by atoms with Crippen LogP contribution in [-0.4, -0.2) is 59.5 Å². The van der Waals surface area contributed by atoms with Crippen LogP contribution in [0.25, 0.3) is 20.7 Å². The normalized spacial score (nSPS) is 17.6. The molecular formula is C21H22FN5OS. The fourth-order valence-electron chi connectivity index (χ4n) is 3.65. The number of halogens is 1. The molecule has 0 spiro atoms. The third kappa shape index (κ3) is 4.09. The van der Waals surface area contributed by atoms with E-state index in [1.54, 1.807) is 29.8 Å². The van der Waals surface area contributed by atoms with Gasteiger partial charge in [0.25, 0.3) is 0 Å². The summed E-state index contributed by atoms with van der Waals surface area (Å²) in [6.07, 6.45) is 3.84. The molecule has 2 aromatic heterocycles. The Morgan fingerprint density at radius 1 is 1.14 bits per heavy atom. The van der Waals surface area contributed by atoms with Crippen molar-refractivity contribution in [2.75, 3.05) is 37.6 Å². The summed E-state index contributed by atoms with van der Waals surface area (Å²) in [5.41, 5.74) is 1.89. The predicted molar refractivity (Wildman–Crippen MR) is 113 cm³/mol. The van der Waals surface area contributed by atoms with Gasteiger partial charge in [-0.15, -0.1) is 11.3 Å². The summed E-state index contributed by atoms with van der Waals surface area (Å²) in [7, 11) is 0. The summed E-state index contributed by atoms with van der Waals surface area (Å²) >= 11 is 1.63. The number of thiophene rings is 1. The highest BCUT2D eigenvalue weighted by atomic mass is 32.1. The second-order valence-corrected chi connectivity index (χ2v) is 8.69. The number of hydrogen-bond acceptors (Lipinski definition) is 6. The minimum absolute atomic E-state index is 0.132. The number of anilines is 1. The molecule has 1 saturated heterocycles. The highest BCUT2D eigenvalue weighted by Crippen LogP contribution is 2.37. The summed E-state index contributed by atoms with van der Waals surface area (Å²) in [5, 5.41) is 3.05. The smallest absolute Gasteiger partial charge is 0.234 e. The van der Waals surface area contributed by atoms with Crippen LogP contribution in [0.15, 0.2) is 36.7 Å². The Morgan fingerprint density at radius 3 is 2.62 bits per heavy atom. The average Bonchev–Trinajstić information content (AvgIpc) is 3.42. The number of carbonyl (C=O) groups is 1. The summed E-state index contributed by atoms with van der Waals surface area (Å²) in [4.78, 5) is 26.5. The lowest BCUT2D eigenvalue weighted by atomic mass is 10.2. The Hall–Kier alpha value is -2.58. The van der Waals surface area contributed by atoms with Crippen molar-refractivity contribution in [2.24, 2.45) is 0 Å². The van der Waals surface area contributed by atoms with E-state index in [1.165, 1.54) is 12.1 Å². The zero-order valence-electron chi connectivity index (χ0n) is 16.0. The first-order valence-electron chi connectivity index (χ1n) is 9.93. The standard InChI is InChI=1S/C21H22FN5OS/c22-15-3-1-14(2-4-15)18-11-17-20(29-18)21(24-13-23-17)27-9-7-26(8-10-27)12-19(28)25-16-5-6-16/h1-4,11,13,16H,5-10,12H2,(H,25,28). The van der Waals surface area contributed by atoms with E-state index in [2.05, 4.69) is 25.1 Å². The highest BCUT2D eigenvalue weighted by molar-refractivity contribution is 7.22. The van der Waals surface area contributed by atoms with E-state index in [0.717, 1.165) is 65.5 Å². The molecule has 5 rings (SSSR count). The van der Waals surface area contributed by atoms with Gasteiger partial charge in [0.05, 0.1) is 16.8 Å². The molecule has 1 N–H and O–H groups in total. The molecule has 6 nitrogen and oxygen atoms in total. The highest BCUT2D eigenvalue weighted by Gasteiger charge is 2.26. The number of nitrogens with zero attached hydrogens (tertiary/aromatic N) is 4. The number of nitrogens with one attached hydrogen (secondary N) is 1. The lowest BCUT2D eigenvalue weighted by molar-refractivity contribution is -0.122. The number of fused-ring (bicyclic) bond motifs is 1. The molecule has 8 heteroatoms. The van der Waals surface area contributed by atoms with Crippen LogP contribution in [0.2, 0.25) is 0 Å². The van der Waals surface area contributed by atoms with Gasteiger partial charge in [-0.3, -0.25) is 9.69 Å². The molecule has 1 aromatic carbocycles. The van der Waals surface area contributed by atoms with Gasteiger partial charge in [-0.2, -0.15) is 0 Å². The van der Waals surface area contributed by atoms with Crippen molar-refractivity contribution >= 4 is 33.3 Å². The maximum atomic E-state index is 13.2. The Morgan fingerprint density at radius 2 is 1.90 bits per heavy atom. The third-order valence-corrected chi connectivity index (χ3v) is 6.57. The first-order valence-corrected chi connectivity index (χ1v) is 10.7. The molecule has 1 saturated carbocycles. The molecule has 0 bridgehead atoms. The van der Waals surface area contributed by atoms with Gasteiger partial charge in [-0.1, -0.05) is 12.1 Å². The lowest BCUT2D eigenvalue weighted by Crippen LogP contribution is -2.50. The van der Waals surface area contributed by atoms with Crippen LogP contribution in [0.1, 0.15) is 12.8 Å². The second kappa shape index (κ2) is 7.68. The van der Waals surface area contributed by atoms with E-state index in [1.807, 2.05) is 6.07 Å². The number of amides is 1. The number of rotatable bonds is 5. The molecular weight excluding hydrogens is 389 g/mol. The van der Waals surface area contributed by atoms with Crippen molar-refractivity contribution in [3.63, 3.8) is 0 Å². The molecule has 0 atom stereocenters. The Bertz CT molecular complexity index is 1030. The summed E-state index contributed by atoms with van der Waals surface area (Å²) in [6.45, 7) is 3.79. The minimum Gasteiger partial charge on any atom is -0.353 e. The zero-order chi connectivity index (χ0) is 19.8. The van der Waals surface area contributed by atoms with Crippen molar-refractivity contribution in [3.8, 4) is 10.4 Å². The maximum absolute atomic E-state index is 13.2. The molecule has 2 aliphatic rings. The largest absolute Gasteiger partial charge is 0.353 e. The number of benzene rings is 1. The van der Waals surface area contributed by atoms with Crippen LogP contribution in [0.3, 0.4) is 0 Å².